The third kappa shape index (κ3) is 1.05. The Morgan fingerprint density at radius 2 is 2.31 bits per heavy atom. The summed E-state index contributed by atoms with van der Waals surface area (Å²) in [6.45, 7) is 0. The molecule has 0 unspecified atom stereocenters. The van der Waals surface area contributed by atoms with E-state index in [2.05, 4.69) is 10.4 Å². The number of imidazole rings is 1. The van der Waals surface area contributed by atoms with E-state index in [-0.39, 0.29) is 5.75 Å². The quantitative estimate of drug-likeness (QED) is 0.439. The fourth-order valence-electron chi connectivity index (χ4n) is 1.24. The Hall–Kier alpha value is -1.91. The summed E-state index contributed by atoms with van der Waals surface area (Å²) < 4.78 is 1.73. The summed E-state index contributed by atoms with van der Waals surface area (Å²) in [5.74, 6) is 0.0638. The molecular weight excluding hydrogens is 168 g/mol. The van der Waals surface area contributed by atoms with Gasteiger partial charge in [0, 0.05) is 13.1 Å². The molecule has 68 valence electrons. The van der Waals surface area contributed by atoms with E-state index in [9.17, 15) is 5.11 Å². The van der Waals surface area contributed by atoms with E-state index in [1.807, 2.05) is 0 Å². The second-order valence-electron chi connectivity index (χ2n) is 2.74. The molecule has 0 saturated carbocycles. The molecule has 1 aromatic carbocycles. The van der Waals surface area contributed by atoms with E-state index in [0.717, 1.165) is 5.52 Å². The molecule has 0 spiro atoms. The Kier molecular flexibility index (Phi) is 1.51. The Labute approximate surface area is 74.8 Å². The molecule has 0 bridgehead atoms. The second kappa shape index (κ2) is 2.55. The minimum atomic E-state index is 0.0638. The maximum Gasteiger partial charge on any atom is 0.140 e. The monoisotopic (exact) mass is 178 g/mol. The highest BCUT2D eigenvalue weighted by atomic mass is 16.3. The Balaban J connectivity index is 2.77. The fraction of sp³-hybridized carbons (Fsp3) is 0.125. The number of nitrogens with zero attached hydrogens (tertiary/aromatic N) is 2. The number of rotatable bonds is 1. The van der Waals surface area contributed by atoms with Gasteiger partial charge in [-0.3, -0.25) is 0 Å². The molecule has 2 rings (SSSR count). The number of aromatic nitrogens is 2. The summed E-state index contributed by atoms with van der Waals surface area (Å²) in [5.41, 5.74) is 10.4. The van der Waals surface area contributed by atoms with Gasteiger partial charge in [-0.05, 0) is 6.07 Å². The highest BCUT2D eigenvalue weighted by Gasteiger charge is 2.05. The van der Waals surface area contributed by atoms with E-state index in [4.69, 9.17) is 5.73 Å². The van der Waals surface area contributed by atoms with Crippen molar-refractivity contribution < 1.29 is 5.11 Å². The summed E-state index contributed by atoms with van der Waals surface area (Å²) in [6.07, 6.45) is 1.63. The van der Waals surface area contributed by atoms with Gasteiger partial charge in [0.25, 0.3) is 0 Å². The van der Waals surface area contributed by atoms with Gasteiger partial charge in [0.15, 0.2) is 0 Å². The lowest BCUT2D eigenvalue weighted by Gasteiger charge is -2.02. The first-order chi connectivity index (χ1) is 6.22. The predicted molar refractivity (Wildman–Crippen MR) is 51.1 cm³/mol. The number of benzene rings is 1. The van der Waals surface area contributed by atoms with E-state index in [0.29, 0.717) is 11.2 Å². The van der Waals surface area contributed by atoms with Gasteiger partial charge in [0.2, 0.25) is 0 Å². The van der Waals surface area contributed by atoms with Crippen molar-refractivity contribution in [1.82, 2.24) is 9.66 Å². The van der Waals surface area contributed by atoms with Crippen LogP contribution in [0.4, 0.5) is 5.69 Å². The first-order valence-electron chi connectivity index (χ1n) is 3.85. The van der Waals surface area contributed by atoms with Crippen LogP contribution in [-0.4, -0.2) is 21.8 Å². The van der Waals surface area contributed by atoms with Crippen molar-refractivity contribution in [2.24, 2.45) is 0 Å². The zero-order chi connectivity index (χ0) is 9.42. The number of nitrogens with two attached hydrogens (primary N) is 1. The van der Waals surface area contributed by atoms with Crippen LogP contribution in [0.1, 0.15) is 0 Å². The van der Waals surface area contributed by atoms with Gasteiger partial charge in [0.1, 0.15) is 12.1 Å². The second-order valence-corrected chi connectivity index (χ2v) is 2.74. The molecular formula is C8H10N4O. The molecule has 0 aliphatic heterocycles. The van der Waals surface area contributed by atoms with Gasteiger partial charge < -0.3 is 16.3 Å². The molecule has 1 heterocycles. The smallest absolute Gasteiger partial charge is 0.140 e. The Morgan fingerprint density at radius 3 is 3.00 bits per heavy atom. The molecule has 0 aliphatic rings. The van der Waals surface area contributed by atoms with Gasteiger partial charge in [-0.25, -0.2) is 9.66 Å². The van der Waals surface area contributed by atoms with Crippen molar-refractivity contribution >= 4 is 16.7 Å². The molecule has 1 aromatic heterocycles. The Morgan fingerprint density at radius 1 is 1.54 bits per heavy atom. The number of phenolic OH excluding ortho intramolecular Hbond substituents is 1. The molecule has 13 heavy (non-hydrogen) atoms. The molecule has 5 heteroatoms. The molecule has 4 N–H and O–H groups in total. The number of anilines is 1. The van der Waals surface area contributed by atoms with Crippen LogP contribution in [0.25, 0.3) is 11.0 Å². The topological polar surface area (TPSA) is 76.1 Å². The van der Waals surface area contributed by atoms with Crippen molar-refractivity contribution in [2.75, 3.05) is 18.2 Å². The van der Waals surface area contributed by atoms with Crippen molar-refractivity contribution in [2.45, 2.75) is 0 Å². The van der Waals surface area contributed by atoms with E-state index >= 15 is 0 Å². The number of fused-ring (bicyclic) bond motifs is 1. The molecule has 0 saturated heterocycles. The van der Waals surface area contributed by atoms with E-state index < -0.39 is 0 Å². The highest BCUT2D eigenvalue weighted by molar-refractivity contribution is 5.82. The van der Waals surface area contributed by atoms with E-state index in [1.54, 1.807) is 30.2 Å². The van der Waals surface area contributed by atoms with Crippen LogP contribution in [0, 0.1) is 0 Å². The standard InChI is InChI=1S/C8H10N4O/c1-10-12-4-11-6-3-8(13)5(9)2-7(6)12/h2-4,10,13H,9H2,1H3. The summed E-state index contributed by atoms with van der Waals surface area (Å²) in [7, 11) is 1.78. The summed E-state index contributed by atoms with van der Waals surface area (Å²) in [4.78, 5) is 4.08. The van der Waals surface area contributed by atoms with Crippen LogP contribution in [0.3, 0.4) is 0 Å². The molecule has 0 amide bonds. The first-order valence-corrected chi connectivity index (χ1v) is 3.85. The first kappa shape index (κ1) is 7.72. The SMILES string of the molecule is CNn1cnc2cc(O)c(N)cc21. The number of nitrogen functional groups attached to an aromatic ring is 1. The van der Waals surface area contributed by atoms with Gasteiger partial charge in [-0.15, -0.1) is 0 Å². The van der Waals surface area contributed by atoms with Crippen LogP contribution in [0.2, 0.25) is 0 Å². The molecule has 2 aromatic rings. The maximum atomic E-state index is 9.30. The number of hydrogen-bond donors (Lipinski definition) is 3. The van der Waals surface area contributed by atoms with E-state index in [1.165, 1.54) is 0 Å². The van der Waals surface area contributed by atoms with Gasteiger partial charge >= 0.3 is 0 Å². The predicted octanol–water partition coefficient (Wildman–Crippen LogP) is 0.497. The average Bonchev–Trinajstić information content (AvgIpc) is 2.48. The highest BCUT2D eigenvalue weighted by Crippen LogP contribution is 2.25. The lowest BCUT2D eigenvalue weighted by Crippen LogP contribution is -2.06. The number of aromatic hydroxyl groups is 1. The minimum Gasteiger partial charge on any atom is -0.506 e. The fourth-order valence-corrected chi connectivity index (χ4v) is 1.24. The van der Waals surface area contributed by atoms with Gasteiger partial charge in [0.05, 0.1) is 16.7 Å². The van der Waals surface area contributed by atoms with Crippen molar-refractivity contribution in [3.05, 3.63) is 18.5 Å². The number of hydrogen-bond acceptors (Lipinski definition) is 4. The largest absolute Gasteiger partial charge is 0.506 e. The number of phenols is 1. The van der Waals surface area contributed by atoms with Crippen LogP contribution < -0.4 is 11.2 Å². The van der Waals surface area contributed by atoms with Gasteiger partial charge in [-0.2, -0.15) is 0 Å². The lowest BCUT2D eigenvalue weighted by molar-refractivity contribution is 0.478. The van der Waals surface area contributed by atoms with Crippen molar-refractivity contribution in [3.8, 4) is 5.75 Å². The number of nitrogens with one attached hydrogen (secondary N) is 1. The van der Waals surface area contributed by atoms with Crippen LogP contribution in [0.15, 0.2) is 18.5 Å². The zero-order valence-corrected chi connectivity index (χ0v) is 7.15. The van der Waals surface area contributed by atoms with Gasteiger partial charge in [-0.1, -0.05) is 0 Å². The van der Waals surface area contributed by atoms with Crippen LogP contribution >= 0.6 is 0 Å². The molecule has 5 nitrogen and oxygen atoms in total. The molecule has 0 aliphatic carbocycles. The summed E-state index contributed by atoms with van der Waals surface area (Å²) >= 11 is 0. The van der Waals surface area contributed by atoms with Crippen molar-refractivity contribution in [3.63, 3.8) is 0 Å². The Bertz CT molecular complexity index is 449. The third-order valence-electron chi connectivity index (χ3n) is 1.94. The molecule has 0 atom stereocenters. The molecule has 0 fully saturated rings. The maximum absolute atomic E-state index is 9.30. The van der Waals surface area contributed by atoms with Crippen molar-refractivity contribution in [1.29, 1.82) is 0 Å². The zero-order valence-electron chi connectivity index (χ0n) is 7.15. The summed E-state index contributed by atoms with van der Waals surface area (Å²) in [6, 6.07) is 3.21. The minimum absolute atomic E-state index is 0.0638. The lowest BCUT2D eigenvalue weighted by atomic mass is 10.2. The average molecular weight is 178 g/mol. The van der Waals surface area contributed by atoms with Crippen LogP contribution in [0.5, 0.6) is 5.75 Å². The van der Waals surface area contributed by atoms with Crippen LogP contribution in [-0.2, 0) is 0 Å². The molecule has 0 radical (unpaired) electrons. The summed E-state index contributed by atoms with van der Waals surface area (Å²) in [5, 5.41) is 9.30. The third-order valence-corrected chi connectivity index (χ3v) is 1.94. The normalized spacial score (nSPS) is 10.5.